The summed E-state index contributed by atoms with van der Waals surface area (Å²) in [6.45, 7) is 1.37. The highest BCUT2D eigenvalue weighted by Gasteiger charge is 2.23. The maximum Gasteiger partial charge on any atom is 0.356 e. The van der Waals surface area contributed by atoms with Crippen molar-refractivity contribution < 1.29 is 14.3 Å². The van der Waals surface area contributed by atoms with Crippen LogP contribution in [0.4, 0.5) is 5.69 Å². The maximum absolute atomic E-state index is 11.9. The Labute approximate surface area is 115 Å². The van der Waals surface area contributed by atoms with Crippen LogP contribution >= 0.6 is 11.6 Å². The normalized spacial score (nSPS) is 10.5. The Kier molecular flexibility index (Phi) is 3.48. The average molecular weight is 281 g/mol. The molecule has 6 heteroatoms. The first kappa shape index (κ1) is 13.4. The summed E-state index contributed by atoms with van der Waals surface area (Å²) in [7, 11) is 3.01. The van der Waals surface area contributed by atoms with Gasteiger partial charge in [0.1, 0.15) is 0 Å². The highest BCUT2D eigenvalue weighted by molar-refractivity contribution is 6.37. The maximum atomic E-state index is 11.9. The van der Waals surface area contributed by atoms with Crippen LogP contribution in [0.15, 0.2) is 18.2 Å². The molecule has 1 aromatic heterocycles. The largest absolute Gasteiger partial charge is 0.464 e. The zero-order chi connectivity index (χ0) is 14.2. The van der Waals surface area contributed by atoms with Gasteiger partial charge in [-0.25, -0.2) is 4.79 Å². The number of fused-ring (bicyclic) bond motifs is 1. The number of aryl methyl sites for hydroxylation is 1. The van der Waals surface area contributed by atoms with Crippen LogP contribution < -0.4 is 5.32 Å². The molecule has 0 bridgehead atoms. The Hall–Kier alpha value is -2.01. The second-order valence-electron chi connectivity index (χ2n) is 4.09. The number of benzene rings is 1. The SMILES string of the molecule is COC(=O)c1c(NC(C)=O)c2c(Cl)cccc2n1C. The van der Waals surface area contributed by atoms with Gasteiger partial charge < -0.3 is 14.6 Å². The Balaban J connectivity index is 2.85. The van der Waals surface area contributed by atoms with E-state index in [-0.39, 0.29) is 11.6 Å². The number of carbonyl (C=O) groups is 2. The van der Waals surface area contributed by atoms with Gasteiger partial charge in [0.25, 0.3) is 0 Å². The molecule has 0 aliphatic heterocycles. The number of amides is 1. The summed E-state index contributed by atoms with van der Waals surface area (Å²) in [5.74, 6) is -0.809. The number of methoxy groups -OCH3 is 1. The van der Waals surface area contributed by atoms with Crippen molar-refractivity contribution in [2.24, 2.45) is 7.05 Å². The number of rotatable bonds is 2. The Morgan fingerprint density at radius 1 is 1.37 bits per heavy atom. The van der Waals surface area contributed by atoms with Crippen molar-refractivity contribution in [2.45, 2.75) is 6.92 Å². The van der Waals surface area contributed by atoms with Crippen molar-refractivity contribution in [1.82, 2.24) is 4.57 Å². The smallest absolute Gasteiger partial charge is 0.356 e. The summed E-state index contributed by atoms with van der Waals surface area (Å²) in [4.78, 5) is 23.2. The van der Waals surface area contributed by atoms with Crippen molar-refractivity contribution in [2.75, 3.05) is 12.4 Å². The number of ether oxygens (including phenoxy) is 1. The van der Waals surface area contributed by atoms with Crippen LogP contribution in [0.2, 0.25) is 5.02 Å². The summed E-state index contributed by atoms with van der Waals surface area (Å²) < 4.78 is 6.41. The van der Waals surface area contributed by atoms with Gasteiger partial charge in [-0.1, -0.05) is 17.7 Å². The van der Waals surface area contributed by atoms with Gasteiger partial charge in [-0.05, 0) is 12.1 Å². The molecular weight excluding hydrogens is 268 g/mol. The molecule has 0 aliphatic carbocycles. The second kappa shape index (κ2) is 4.93. The lowest BCUT2D eigenvalue weighted by molar-refractivity contribution is -0.114. The second-order valence-corrected chi connectivity index (χ2v) is 4.50. The lowest BCUT2D eigenvalue weighted by Gasteiger charge is -2.06. The highest BCUT2D eigenvalue weighted by Crippen LogP contribution is 2.35. The van der Waals surface area contributed by atoms with Gasteiger partial charge in [-0.3, -0.25) is 4.79 Å². The molecule has 0 spiro atoms. The van der Waals surface area contributed by atoms with Gasteiger partial charge in [-0.2, -0.15) is 0 Å². The summed E-state index contributed by atoms with van der Waals surface area (Å²) in [5.41, 5.74) is 1.39. The molecule has 0 saturated carbocycles. The van der Waals surface area contributed by atoms with E-state index in [1.807, 2.05) is 6.07 Å². The van der Waals surface area contributed by atoms with Crippen LogP contribution in [0.1, 0.15) is 17.4 Å². The number of nitrogens with zero attached hydrogens (tertiary/aromatic N) is 1. The summed E-state index contributed by atoms with van der Waals surface area (Å²) in [6.07, 6.45) is 0. The van der Waals surface area contributed by atoms with Crippen LogP contribution in [-0.4, -0.2) is 23.6 Å². The number of nitrogens with one attached hydrogen (secondary N) is 1. The van der Waals surface area contributed by atoms with E-state index < -0.39 is 5.97 Å². The van der Waals surface area contributed by atoms with E-state index in [1.165, 1.54) is 14.0 Å². The van der Waals surface area contributed by atoms with Crippen molar-refractivity contribution in [1.29, 1.82) is 0 Å². The van der Waals surface area contributed by atoms with E-state index in [1.54, 1.807) is 23.7 Å². The van der Waals surface area contributed by atoms with E-state index in [9.17, 15) is 9.59 Å². The number of hydrogen-bond acceptors (Lipinski definition) is 3. The first-order valence-electron chi connectivity index (χ1n) is 5.60. The molecule has 0 saturated heterocycles. The first-order valence-corrected chi connectivity index (χ1v) is 5.98. The topological polar surface area (TPSA) is 60.3 Å². The highest BCUT2D eigenvalue weighted by atomic mass is 35.5. The quantitative estimate of drug-likeness (QED) is 0.860. The molecule has 100 valence electrons. The molecule has 0 fully saturated rings. The molecule has 1 aromatic carbocycles. The van der Waals surface area contributed by atoms with Crippen LogP contribution in [-0.2, 0) is 16.6 Å². The predicted octanol–water partition coefficient (Wildman–Crippen LogP) is 2.58. The number of aromatic nitrogens is 1. The van der Waals surface area contributed by atoms with Gasteiger partial charge in [-0.15, -0.1) is 0 Å². The molecule has 2 rings (SSSR count). The molecule has 0 radical (unpaired) electrons. The fourth-order valence-corrected chi connectivity index (χ4v) is 2.34. The summed E-state index contributed by atoms with van der Waals surface area (Å²) >= 11 is 6.16. The molecular formula is C13H13ClN2O3. The predicted molar refractivity (Wildman–Crippen MR) is 73.6 cm³/mol. The Bertz CT molecular complexity index is 676. The van der Waals surface area contributed by atoms with E-state index in [4.69, 9.17) is 16.3 Å². The number of carbonyl (C=O) groups excluding carboxylic acids is 2. The van der Waals surface area contributed by atoms with Gasteiger partial charge in [0.2, 0.25) is 5.91 Å². The molecule has 2 aromatic rings. The van der Waals surface area contributed by atoms with Crippen molar-refractivity contribution in [3.05, 3.63) is 28.9 Å². The molecule has 1 N–H and O–H groups in total. The third-order valence-corrected chi connectivity index (χ3v) is 3.17. The van der Waals surface area contributed by atoms with Crippen molar-refractivity contribution in [3.8, 4) is 0 Å². The number of hydrogen-bond donors (Lipinski definition) is 1. The molecule has 1 amide bonds. The van der Waals surface area contributed by atoms with Crippen molar-refractivity contribution >= 4 is 40.1 Å². The standard InChI is InChI=1S/C13H13ClN2O3/c1-7(17)15-11-10-8(14)5-4-6-9(10)16(2)12(11)13(18)19-3/h4-6H,1-3H3,(H,15,17). The Morgan fingerprint density at radius 2 is 2.05 bits per heavy atom. The molecule has 0 unspecified atom stereocenters. The number of anilines is 1. The monoisotopic (exact) mass is 280 g/mol. The van der Waals surface area contributed by atoms with Crippen molar-refractivity contribution in [3.63, 3.8) is 0 Å². The minimum atomic E-state index is -0.529. The minimum Gasteiger partial charge on any atom is -0.464 e. The zero-order valence-corrected chi connectivity index (χ0v) is 11.5. The third-order valence-electron chi connectivity index (χ3n) is 2.85. The lowest BCUT2D eigenvalue weighted by Crippen LogP contribution is -2.13. The minimum absolute atomic E-state index is 0.265. The van der Waals surface area contributed by atoms with E-state index in [0.717, 1.165) is 5.52 Å². The summed E-state index contributed by atoms with van der Waals surface area (Å²) in [5, 5.41) is 3.74. The van der Waals surface area contributed by atoms with E-state index in [2.05, 4.69) is 5.32 Å². The molecule has 19 heavy (non-hydrogen) atoms. The van der Waals surface area contributed by atoms with Gasteiger partial charge >= 0.3 is 5.97 Å². The fraction of sp³-hybridized carbons (Fsp3) is 0.231. The number of esters is 1. The van der Waals surface area contributed by atoms with E-state index >= 15 is 0 Å². The van der Waals surface area contributed by atoms with Gasteiger partial charge in [0.15, 0.2) is 5.69 Å². The van der Waals surface area contributed by atoms with E-state index in [0.29, 0.717) is 16.1 Å². The average Bonchev–Trinajstić information content (AvgIpc) is 2.63. The van der Waals surface area contributed by atoms with Gasteiger partial charge in [0, 0.05) is 19.4 Å². The molecule has 0 atom stereocenters. The third kappa shape index (κ3) is 2.17. The number of halogens is 1. The summed E-state index contributed by atoms with van der Waals surface area (Å²) in [6, 6.07) is 5.30. The fourth-order valence-electron chi connectivity index (χ4n) is 2.08. The molecule has 1 heterocycles. The lowest BCUT2D eigenvalue weighted by atomic mass is 10.2. The van der Waals surface area contributed by atoms with Crippen LogP contribution in [0.3, 0.4) is 0 Å². The zero-order valence-electron chi connectivity index (χ0n) is 10.8. The first-order chi connectivity index (χ1) is 8.97. The van der Waals surface area contributed by atoms with Crippen LogP contribution in [0.5, 0.6) is 0 Å². The van der Waals surface area contributed by atoms with Gasteiger partial charge in [0.05, 0.1) is 23.3 Å². The Morgan fingerprint density at radius 3 is 2.63 bits per heavy atom. The molecule has 0 aliphatic rings. The van der Waals surface area contributed by atoms with Crippen LogP contribution in [0.25, 0.3) is 10.9 Å². The molecule has 5 nitrogen and oxygen atoms in total. The van der Waals surface area contributed by atoms with Crippen LogP contribution in [0, 0.1) is 0 Å².